The van der Waals surface area contributed by atoms with E-state index in [2.05, 4.69) is 0 Å². The van der Waals surface area contributed by atoms with Gasteiger partial charge in [0.1, 0.15) is 5.75 Å². The minimum Gasteiger partial charge on any atom is -0.497 e. The van der Waals surface area contributed by atoms with Gasteiger partial charge in [0.15, 0.2) is 0 Å². The number of hydrogen-bond acceptors (Lipinski definition) is 5. The molecule has 16 heavy (non-hydrogen) atoms. The van der Waals surface area contributed by atoms with Crippen LogP contribution in [0.3, 0.4) is 0 Å². The largest absolute Gasteiger partial charge is 0.497 e. The lowest BCUT2D eigenvalue weighted by atomic mass is 10.3. The summed E-state index contributed by atoms with van der Waals surface area (Å²) in [5, 5.41) is 0. The zero-order valence-corrected chi connectivity index (χ0v) is 10.2. The van der Waals surface area contributed by atoms with E-state index in [-0.39, 0.29) is 11.7 Å². The van der Waals surface area contributed by atoms with Gasteiger partial charge in [0.25, 0.3) is 0 Å². The highest BCUT2D eigenvalue weighted by Crippen LogP contribution is 2.28. The number of anilines is 1. The van der Waals surface area contributed by atoms with E-state index in [4.69, 9.17) is 15.2 Å². The molecular weight excluding hydrogens is 226 g/mol. The maximum atomic E-state index is 11.2. The molecule has 1 aromatic carbocycles. The summed E-state index contributed by atoms with van der Waals surface area (Å²) in [6.07, 6.45) is 0. The molecule has 0 unspecified atom stereocenters. The summed E-state index contributed by atoms with van der Waals surface area (Å²) in [5.74, 6) is 0.737. The van der Waals surface area contributed by atoms with Crippen molar-refractivity contribution >= 4 is 23.4 Å². The normalized spacial score (nSPS) is 9.88. The van der Waals surface area contributed by atoms with Crippen LogP contribution in [0.1, 0.15) is 6.92 Å². The number of thioether (sulfide) groups is 1. The lowest BCUT2D eigenvalue weighted by molar-refractivity contribution is -0.139. The molecule has 1 aromatic rings. The number of nitrogens with two attached hydrogens (primary N) is 1. The van der Waals surface area contributed by atoms with Gasteiger partial charge in [-0.05, 0) is 25.1 Å². The van der Waals surface area contributed by atoms with Crippen LogP contribution in [0.5, 0.6) is 5.75 Å². The second-order valence-corrected chi connectivity index (χ2v) is 4.01. The Balaban J connectivity index is 2.62. The molecule has 0 heterocycles. The molecule has 0 radical (unpaired) electrons. The standard InChI is InChI=1S/C11H15NO3S/c1-3-15-11(13)7-16-10-6-8(14-2)4-5-9(10)12/h4-6H,3,7,12H2,1-2H3. The number of rotatable bonds is 5. The fourth-order valence-corrected chi connectivity index (χ4v) is 1.90. The van der Waals surface area contributed by atoms with Crippen LogP contribution in [-0.4, -0.2) is 25.4 Å². The molecule has 0 aromatic heterocycles. The summed E-state index contributed by atoms with van der Waals surface area (Å²) in [6.45, 7) is 2.18. The quantitative estimate of drug-likeness (QED) is 0.485. The number of carbonyl (C=O) groups is 1. The summed E-state index contributed by atoms with van der Waals surface area (Å²) in [4.78, 5) is 12.0. The predicted molar refractivity (Wildman–Crippen MR) is 64.8 cm³/mol. The Morgan fingerprint density at radius 1 is 1.50 bits per heavy atom. The van der Waals surface area contributed by atoms with Crippen LogP contribution in [0.15, 0.2) is 23.1 Å². The van der Waals surface area contributed by atoms with E-state index < -0.39 is 0 Å². The molecule has 0 atom stereocenters. The van der Waals surface area contributed by atoms with E-state index >= 15 is 0 Å². The number of hydrogen-bond donors (Lipinski definition) is 1. The van der Waals surface area contributed by atoms with Crippen molar-refractivity contribution in [3.8, 4) is 5.75 Å². The zero-order valence-electron chi connectivity index (χ0n) is 9.36. The fraction of sp³-hybridized carbons (Fsp3) is 0.364. The van der Waals surface area contributed by atoms with Gasteiger partial charge in [0.05, 0.1) is 19.5 Å². The molecule has 0 aliphatic heterocycles. The molecule has 0 bridgehead atoms. The van der Waals surface area contributed by atoms with Crippen molar-refractivity contribution in [2.75, 3.05) is 25.2 Å². The highest BCUT2D eigenvalue weighted by Gasteiger charge is 2.06. The summed E-state index contributed by atoms with van der Waals surface area (Å²) in [5.41, 5.74) is 6.41. The molecule has 0 aliphatic rings. The Hall–Kier alpha value is -1.36. The lowest BCUT2D eigenvalue weighted by Gasteiger charge is -2.07. The average Bonchev–Trinajstić information content (AvgIpc) is 2.28. The second-order valence-electron chi connectivity index (χ2n) is 3.00. The molecule has 0 aliphatic carbocycles. The van der Waals surface area contributed by atoms with Crippen LogP contribution in [0.25, 0.3) is 0 Å². The summed E-state index contributed by atoms with van der Waals surface area (Å²) >= 11 is 1.35. The van der Waals surface area contributed by atoms with Crippen LogP contribution in [-0.2, 0) is 9.53 Å². The van der Waals surface area contributed by atoms with Crippen molar-refractivity contribution in [3.63, 3.8) is 0 Å². The molecule has 5 heteroatoms. The number of carbonyl (C=O) groups excluding carboxylic acids is 1. The summed E-state index contributed by atoms with van der Waals surface area (Å²) in [6, 6.07) is 5.34. The molecule has 88 valence electrons. The first-order valence-corrected chi connectivity index (χ1v) is 5.88. The van der Waals surface area contributed by atoms with E-state index in [1.165, 1.54) is 11.8 Å². The Kier molecular flexibility index (Phi) is 4.98. The van der Waals surface area contributed by atoms with E-state index in [1.807, 2.05) is 0 Å². The zero-order chi connectivity index (χ0) is 12.0. The minimum absolute atomic E-state index is 0.241. The Morgan fingerprint density at radius 3 is 2.88 bits per heavy atom. The first kappa shape index (κ1) is 12.7. The van der Waals surface area contributed by atoms with Crippen molar-refractivity contribution < 1.29 is 14.3 Å². The van der Waals surface area contributed by atoms with Gasteiger partial charge in [0, 0.05) is 10.6 Å². The molecule has 2 N–H and O–H groups in total. The molecule has 0 fully saturated rings. The highest BCUT2D eigenvalue weighted by atomic mass is 32.2. The number of ether oxygens (including phenoxy) is 2. The van der Waals surface area contributed by atoms with E-state index in [0.717, 1.165) is 10.6 Å². The second kappa shape index (κ2) is 6.27. The number of methoxy groups -OCH3 is 1. The van der Waals surface area contributed by atoms with Crippen LogP contribution < -0.4 is 10.5 Å². The van der Waals surface area contributed by atoms with Crippen molar-refractivity contribution in [3.05, 3.63) is 18.2 Å². The third kappa shape index (κ3) is 3.66. The van der Waals surface area contributed by atoms with Gasteiger partial charge in [-0.25, -0.2) is 0 Å². The molecule has 4 nitrogen and oxygen atoms in total. The van der Waals surface area contributed by atoms with Crippen molar-refractivity contribution in [2.45, 2.75) is 11.8 Å². The molecule has 1 rings (SSSR count). The Morgan fingerprint density at radius 2 is 2.25 bits per heavy atom. The minimum atomic E-state index is -0.241. The smallest absolute Gasteiger partial charge is 0.316 e. The van der Waals surface area contributed by atoms with Crippen molar-refractivity contribution in [1.82, 2.24) is 0 Å². The fourth-order valence-electron chi connectivity index (χ4n) is 1.11. The van der Waals surface area contributed by atoms with Gasteiger partial charge in [-0.1, -0.05) is 0 Å². The monoisotopic (exact) mass is 241 g/mol. The first-order chi connectivity index (χ1) is 7.67. The van der Waals surface area contributed by atoms with Gasteiger partial charge in [-0.3, -0.25) is 4.79 Å². The molecule has 0 amide bonds. The van der Waals surface area contributed by atoms with Crippen molar-refractivity contribution in [1.29, 1.82) is 0 Å². The van der Waals surface area contributed by atoms with Crippen molar-refractivity contribution in [2.24, 2.45) is 0 Å². The SMILES string of the molecule is CCOC(=O)CSc1cc(OC)ccc1N. The molecule has 0 spiro atoms. The number of nitrogen functional groups attached to an aromatic ring is 1. The summed E-state index contributed by atoms with van der Waals surface area (Å²) < 4.78 is 9.91. The first-order valence-electron chi connectivity index (χ1n) is 4.89. The lowest BCUT2D eigenvalue weighted by Crippen LogP contribution is -2.06. The summed E-state index contributed by atoms with van der Waals surface area (Å²) in [7, 11) is 1.59. The van der Waals surface area contributed by atoms with Crippen LogP contribution in [0, 0.1) is 0 Å². The maximum Gasteiger partial charge on any atom is 0.316 e. The Bertz CT molecular complexity index is 368. The molecular formula is C11H15NO3S. The molecule has 0 saturated carbocycles. The van der Waals surface area contributed by atoms with Gasteiger partial charge in [0.2, 0.25) is 0 Å². The average molecular weight is 241 g/mol. The van der Waals surface area contributed by atoms with Crippen LogP contribution in [0.2, 0.25) is 0 Å². The number of esters is 1. The third-order valence-electron chi connectivity index (χ3n) is 1.87. The van der Waals surface area contributed by atoms with Gasteiger partial charge in [-0.2, -0.15) is 0 Å². The predicted octanol–water partition coefficient (Wildman–Crippen LogP) is 1.93. The topological polar surface area (TPSA) is 61.5 Å². The highest BCUT2D eigenvalue weighted by molar-refractivity contribution is 8.00. The van der Waals surface area contributed by atoms with E-state index in [9.17, 15) is 4.79 Å². The third-order valence-corrected chi connectivity index (χ3v) is 2.92. The maximum absolute atomic E-state index is 11.2. The Labute approximate surface area is 99.1 Å². The van der Waals surface area contributed by atoms with Gasteiger partial charge < -0.3 is 15.2 Å². The van der Waals surface area contributed by atoms with Crippen LogP contribution in [0.4, 0.5) is 5.69 Å². The van der Waals surface area contributed by atoms with Gasteiger partial charge >= 0.3 is 5.97 Å². The van der Waals surface area contributed by atoms with Crippen LogP contribution >= 0.6 is 11.8 Å². The van der Waals surface area contributed by atoms with E-state index in [1.54, 1.807) is 32.2 Å². The van der Waals surface area contributed by atoms with E-state index in [0.29, 0.717) is 12.3 Å². The molecule has 0 saturated heterocycles. The number of benzene rings is 1. The van der Waals surface area contributed by atoms with Gasteiger partial charge in [-0.15, -0.1) is 11.8 Å².